The smallest absolute Gasteiger partial charge is 0.123 e. The van der Waals surface area contributed by atoms with E-state index in [2.05, 4.69) is 47.2 Å². The second kappa shape index (κ2) is 7.30. The number of rotatable bonds is 8. The van der Waals surface area contributed by atoms with Crippen molar-refractivity contribution in [2.75, 3.05) is 6.61 Å². The van der Waals surface area contributed by atoms with Crippen LogP contribution in [0.15, 0.2) is 22.7 Å². The average Bonchev–Trinajstić information content (AvgIpc) is 3.14. The molecule has 106 valence electrons. The Labute approximate surface area is 125 Å². The van der Waals surface area contributed by atoms with Crippen molar-refractivity contribution in [1.29, 1.82) is 0 Å². The molecule has 0 radical (unpaired) electrons. The molecule has 1 aromatic rings. The van der Waals surface area contributed by atoms with Gasteiger partial charge in [-0.05, 0) is 43.4 Å². The van der Waals surface area contributed by atoms with E-state index in [0.29, 0.717) is 0 Å². The molecule has 2 nitrogen and oxygen atoms in total. The number of ether oxygens (including phenoxy) is 1. The first-order chi connectivity index (χ1) is 9.24. The number of benzene rings is 1. The van der Waals surface area contributed by atoms with Crippen LogP contribution in [-0.2, 0) is 6.54 Å². The van der Waals surface area contributed by atoms with Gasteiger partial charge in [-0.25, -0.2) is 0 Å². The predicted molar refractivity (Wildman–Crippen MR) is 83.6 cm³/mol. The Morgan fingerprint density at radius 3 is 2.89 bits per heavy atom. The van der Waals surface area contributed by atoms with Crippen LogP contribution in [0, 0.1) is 5.92 Å². The Kier molecular flexibility index (Phi) is 5.71. The zero-order valence-corrected chi connectivity index (χ0v) is 13.5. The normalized spacial score (nSPS) is 21.4. The van der Waals surface area contributed by atoms with Gasteiger partial charge in [0.25, 0.3) is 0 Å². The van der Waals surface area contributed by atoms with E-state index in [4.69, 9.17) is 4.74 Å². The van der Waals surface area contributed by atoms with Gasteiger partial charge in [0.05, 0.1) is 6.61 Å². The van der Waals surface area contributed by atoms with Gasteiger partial charge in [0, 0.05) is 22.6 Å². The van der Waals surface area contributed by atoms with E-state index in [1.807, 2.05) is 6.07 Å². The maximum absolute atomic E-state index is 5.81. The number of hydrogen-bond acceptors (Lipinski definition) is 2. The van der Waals surface area contributed by atoms with Crippen molar-refractivity contribution < 1.29 is 4.74 Å². The molecule has 1 aliphatic rings. The first-order valence-corrected chi connectivity index (χ1v) is 8.18. The lowest BCUT2D eigenvalue weighted by atomic mass is 10.2. The first-order valence-electron chi connectivity index (χ1n) is 7.39. The molecule has 2 atom stereocenters. The summed E-state index contributed by atoms with van der Waals surface area (Å²) in [5.41, 5.74) is 1.25. The van der Waals surface area contributed by atoms with Gasteiger partial charge >= 0.3 is 0 Å². The largest absolute Gasteiger partial charge is 0.493 e. The van der Waals surface area contributed by atoms with Gasteiger partial charge in [0.1, 0.15) is 5.75 Å². The maximum atomic E-state index is 5.81. The highest BCUT2D eigenvalue weighted by molar-refractivity contribution is 9.10. The molecule has 1 aliphatic carbocycles. The molecule has 19 heavy (non-hydrogen) atoms. The maximum Gasteiger partial charge on any atom is 0.123 e. The van der Waals surface area contributed by atoms with Crippen LogP contribution in [0.4, 0.5) is 0 Å². The lowest BCUT2D eigenvalue weighted by Gasteiger charge is -2.12. The van der Waals surface area contributed by atoms with Crippen molar-refractivity contribution in [3.05, 3.63) is 28.2 Å². The van der Waals surface area contributed by atoms with Crippen LogP contribution >= 0.6 is 15.9 Å². The fraction of sp³-hybridized carbons (Fsp3) is 0.625. The molecule has 3 heteroatoms. The van der Waals surface area contributed by atoms with Crippen molar-refractivity contribution in [3.63, 3.8) is 0 Å². The van der Waals surface area contributed by atoms with Crippen molar-refractivity contribution in [1.82, 2.24) is 5.32 Å². The van der Waals surface area contributed by atoms with Crippen molar-refractivity contribution in [2.24, 2.45) is 5.92 Å². The second-order valence-corrected chi connectivity index (χ2v) is 6.29. The van der Waals surface area contributed by atoms with Gasteiger partial charge in [0.2, 0.25) is 0 Å². The fourth-order valence-electron chi connectivity index (χ4n) is 2.47. The molecule has 0 aromatic heterocycles. The summed E-state index contributed by atoms with van der Waals surface area (Å²) in [4.78, 5) is 0. The third-order valence-electron chi connectivity index (χ3n) is 3.62. The molecular formula is C16H24BrNO. The Bertz CT molecular complexity index is 408. The summed E-state index contributed by atoms with van der Waals surface area (Å²) in [7, 11) is 0. The van der Waals surface area contributed by atoms with Crippen molar-refractivity contribution in [2.45, 2.75) is 52.1 Å². The molecule has 2 rings (SSSR count). The summed E-state index contributed by atoms with van der Waals surface area (Å²) in [6.45, 7) is 6.09. The van der Waals surface area contributed by atoms with Gasteiger partial charge in [-0.15, -0.1) is 0 Å². The Hall–Kier alpha value is -0.540. The van der Waals surface area contributed by atoms with Gasteiger partial charge in [0.15, 0.2) is 0 Å². The van der Waals surface area contributed by atoms with E-state index in [9.17, 15) is 0 Å². The quantitative estimate of drug-likeness (QED) is 0.758. The van der Waals surface area contributed by atoms with Crippen LogP contribution in [0.2, 0.25) is 0 Å². The lowest BCUT2D eigenvalue weighted by molar-refractivity contribution is 0.313. The number of halogens is 1. The third-order valence-corrected chi connectivity index (χ3v) is 4.11. The molecule has 0 aliphatic heterocycles. The number of hydrogen-bond donors (Lipinski definition) is 1. The van der Waals surface area contributed by atoms with Gasteiger partial charge < -0.3 is 10.1 Å². The summed E-state index contributed by atoms with van der Waals surface area (Å²) in [6, 6.07) is 6.99. The second-order valence-electron chi connectivity index (χ2n) is 5.37. The number of nitrogens with one attached hydrogen (secondary N) is 1. The van der Waals surface area contributed by atoms with Gasteiger partial charge in [-0.2, -0.15) is 0 Å². The molecule has 1 fully saturated rings. The molecule has 2 unspecified atom stereocenters. The van der Waals surface area contributed by atoms with E-state index in [1.54, 1.807) is 0 Å². The van der Waals surface area contributed by atoms with Gasteiger partial charge in [-0.3, -0.25) is 0 Å². The first kappa shape index (κ1) is 14.9. The van der Waals surface area contributed by atoms with E-state index >= 15 is 0 Å². The lowest BCUT2D eigenvalue weighted by Crippen LogP contribution is -2.18. The molecule has 1 N–H and O–H groups in total. The molecule has 0 bridgehead atoms. The van der Waals surface area contributed by atoms with E-state index in [-0.39, 0.29) is 0 Å². The minimum Gasteiger partial charge on any atom is -0.493 e. The topological polar surface area (TPSA) is 21.3 Å². The summed E-state index contributed by atoms with van der Waals surface area (Å²) >= 11 is 3.54. The Morgan fingerprint density at radius 2 is 2.16 bits per heavy atom. The molecular weight excluding hydrogens is 302 g/mol. The minimum absolute atomic E-state index is 0.720. The molecule has 1 aromatic carbocycles. The van der Waals surface area contributed by atoms with Crippen molar-refractivity contribution >= 4 is 15.9 Å². The Balaban J connectivity index is 1.89. The SMILES string of the molecule is CCCOc1ccc(Br)cc1CNC1CC1CCC. The fourth-order valence-corrected chi connectivity index (χ4v) is 2.88. The van der Waals surface area contributed by atoms with E-state index < -0.39 is 0 Å². The molecule has 0 heterocycles. The van der Waals surface area contributed by atoms with E-state index in [1.165, 1.54) is 24.8 Å². The molecule has 0 amide bonds. The Morgan fingerprint density at radius 1 is 1.32 bits per heavy atom. The monoisotopic (exact) mass is 325 g/mol. The summed E-state index contributed by atoms with van der Waals surface area (Å²) in [5, 5.41) is 3.65. The van der Waals surface area contributed by atoms with Crippen LogP contribution in [0.1, 0.15) is 45.1 Å². The van der Waals surface area contributed by atoms with E-state index in [0.717, 1.165) is 41.8 Å². The van der Waals surface area contributed by atoms with Crippen LogP contribution in [0.5, 0.6) is 5.75 Å². The van der Waals surface area contributed by atoms with Gasteiger partial charge in [-0.1, -0.05) is 36.2 Å². The minimum atomic E-state index is 0.720. The van der Waals surface area contributed by atoms with Crippen LogP contribution in [-0.4, -0.2) is 12.6 Å². The average molecular weight is 326 g/mol. The van der Waals surface area contributed by atoms with Crippen molar-refractivity contribution in [3.8, 4) is 5.75 Å². The summed E-state index contributed by atoms with van der Waals surface area (Å²) < 4.78 is 6.93. The highest BCUT2D eigenvalue weighted by atomic mass is 79.9. The zero-order chi connectivity index (χ0) is 13.7. The molecule has 0 saturated heterocycles. The molecule has 1 saturated carbocycles. The summed E-state index contributed by atoms with van der Waals surface area (Å²) in [5.74, 6) is 1.92. The van der Waals surface area contributed by atoms with Crippen LogP contribution in [0.25, 0.3) is 0 Å². The molecule has 0 spiro atoms. The standard InChI is InChI=1S/C16H24BrNO/c1-3-5-12-10-15(12)18-11-13-9-14(17)6-7-16(13)19-8-4-2/h6-7,9,12,15,18H,3-5,8,10-11H2,1-2H3. The predicted octanol–water partition coefficient (Wildman–Crippen LogP) is 4.52. The van der Waals surface area contributed by atoms with Crippen LogP contribution in [0.3, 0.4) is 0 Å². The highest BCUT2D eigenvalue weighted by Gasteiger charge is 2.35. The summed E-state index contributed by atoms with van der Waals surface area (Å²) in [6.07, 6.45) is 5.04. The zero-order valence-electron chi connectivity index (χ0n) is 11.9. The van der Waals surface area contributed by atoms with Crippen LogP contribution < -0.4 is 10.1 Å². The third kappa shape index (κ3) is 4.50. The highest BCUT2D eigenvalue weighted by Crippen LogP contribution is 2.35.